The van der Waals surface area contributed by atoms with Crippen molar-refractivity contribution in [2.45, 2.75) is 140 Å². The summed E-state index contributed by atoms with van der Waals surface area (Å²) < 4.78 is 5.09. The number of carbonyl (C=O) groups excluding carboxylic acids is 7. The summed E-state index contributed by atoms with van der Waals surface area (Å²) in [6, 6.07) is 19.0. The van der Waals surface area contributed by atoms with E-state index in [0.29, 0.717) is 126 Å². The fraction of sp³-hybridized carbons (Fsp3) is 0.553. The third-order valence-corrected chi connectivity index (χ3v) is 21.8. The number of guanidine groups is 3. The first-order valence-corrected chi connectivity index (χ1v) is 39.7. The molecule has 6 aliphatic heterocycles. The van der Waals surface area contributed by atoms with E-state index < -0.39 is 42.1 Å². The van der Waals surface area contributed by atoms with Crippen molar-refractivity contribution < 1.29 is 68.0 Å². The number of aliphatic imine (C=N–C) groups is 3. The number of nitrogens with one attached hydrogen (secondary N) is 10. The maximum absolute atomic E-state index is 13.3. The predicted octanol–water partition coefficient (Wildman–Crippen LogP) is 5.54. The van der Waals surface area contributed by atoms with E-state index in [1.165, 1.54) is 24.0 Å². The van der Waals surface area contributed by atoms with Gasteiger partial charge in [0, 0.05) is 139 Å². The molecule has 596 valence electrons. The number of rotatable bonds is 30. The molecule has 4 fully saturated rings. The molecule has 110 heavy (non-hydrogen) atoms. The molecule has 7 amide bonds. The Morgan fingerprint density at radius 2 is 1.11 bits per heavy atom. The van der Waals surface area contributed by atoms with Crippen molar-refractivity contribution in [3.8, 4) is 0 Å². The smallest absolute Gasteiger partial charge is 0.408 e. The van der Waals surface area contributed by atoms with Crippen LogP contribution in [-0.4, -0.2) is 223 Å². The number of hydrogen-bond donors (Lipinski definition) is 13. The predicted molar refractivity (Wildman–Crippen MR) is 415 cm³/mol. The summed E-state index contributed by atoms with van der Waals surface area (Å²) in [6.07, 6.45) is 11.0. The number of alkyl carbamates (subject to hydrolysis) is 1. The summed E-state index contributed by atoms with van der Waals surface area (Å²) in [6.45, 7) is 9.44. The lowest BCUT2D eigenvalue weighted by Gasteiger charge is -2.40. The number of likely N-dealkylation sites (tertiary alicyclic amines) is 3. The number of benzene rings is 2. The molecule has 3 saturated heterocycles. The standard InChI is InChI=1S/C30H37ClN6O6.C26H37ClN6O4.C20H29N5O4S/c31-24-8-6-21(7-9-24)23(17-35-29-32-12-13-33-29)16-26(38)37-14-10-22(11-15-37)27(39)34-18-25(28(40)41)36-30(42)43-19-20-4-2-1-3-5-20;27-21-5-4-19(16-30-21)20(14-23(35)36)32-24(37)18-6-12-33(13-7-18)22(34)15-26(8-2-1-3-9-26)17-31-25-28-10-11-29-25;26-17(2-1-6-21-20-22-7-8-23-20)25-9-3-14(4-10-25)19(29)24-16(12-18(27)28)15-5-11-30-13-15/h1-9,22-23,25H,10-19H2,(H,34,39)(H,36,42)(H,40,41)(H2,32,33,35);4-5,16,18,20H,1-3,6-15,17H2,(H,32,37)(H,35,36)(H2,28,29,31);5,11,13-14,16H,1-4,6-10,12H2,(H,24,29)(H,27,28)(H2,21,22,23)/t23?,25-;20-;/m00./s1. The second kappa shape index (κ2) is 43.5. The van der Waals surface area contributed by atoms with Crippen molar-refractivity contribution in [2.24, 2.45) is 38.1 Å². The van der Waals surface area contributed by atoms with Gasteiger partial charge in [-0.05, 0) is 120 Å². The number of piperidine rings is 3. The van der Waals surface area contributed by atoms with Gasteiger partial charge in [0.1, 0.15) is 17.8 Å². The first-order chi connectivity index (χ1) is 53.1. The van der Waals surface area contributed by atoms with Crippen molar-refractivity contribution in [3.05, 3.63) is 122 Å². The number of carbonyl (C=O) groups is 10. The number of nitrogens with zero attached hydrogens (tertiary/aromatic N) is 7. The molecule has 11 rings (SSSR count). The number of aromatic nitrogens is 1. The van der Waals surface area contributed by atoms with E-state index in [2.05, 4.69) is 73.1 Å². The van der Waals surface area contributed by atoms with Crippen molar-refractivity contribution in [1.82, 2.24) is 72.9 Å². The number of ether oxygens (including phenoxy) is 1. The SMILES string of the molecule is O=C(N[C@@H](CNC(=O)C1CCN(C(=O)CC(CNC2=NCCN2)c2ccc(Cl)cc2)CC1)C(=O)O)OCc1ccccc1.O=C(O)CC(NC(=O)C1CCN(C(=O)CCCNC2=NCCN2)CC1)c1ccsc1.O=C(O)C[C@H](NC(=O)C1CCN(C(=O)CC2(CNC3=NCCN3)CCCCC2)CC1)c1ccc(Cl)nc1. The lowest BCUT2D eigenvalue weighted by atomic mass is 9.71. The molecule has 0 bridgehead atoms. The molecule has 4 atom stereocenters. The molecular weight excluding hydrogens is 1480 g/mol. The van der Waals surface area contributed by atoms with Crippen LogP contribution in [0, 0.1) is 23.2 Å². The molecule has 1 aliphatic carbocycles. The van der Waals surface area contributed by atoms with E-state index in [4.69, 9.17) is 33.0 Å². The maximum atomic E-state index is 13.3. The average Bonchev–Trinajstić information content (AvgIpc) is 0.891. The van der Waals surface area contributed by atoms with Gasteiger partial charge in [0.05, 0.1) is 44.6 Å². The van der Waals surface area contributed by atoms with Gasteiger partial charge >= 0.3 is 24.0 Å². The Bertz CT molecular complexity index is 3790. The fourth-order valence-corrected chi connectivity index (χ4v) is 15.3. The topological polar surface area (TPSA) is 421 Å². The molecule has 4 aromatic rings. The number of halogens is 2. The Labute approximate surface area is 654 Å². The lowest BCUT2D eigenvalue weighted by Crippen LogP contribution is -2.50. The van der Waals surface area contributed by atoms with Crippen LogP contribution in [0.1, 0.15) is 149 Å². The second-order valence-corrected chi connectivity index (χ2v) is 30.1. The number of hydrogen-bond acceptors (Lipinski definition) is 22. The Hall–Kier alpha value is -9.82. The Balaban J connectivity index is 0.000000193. The van der Waals surface area contributed by atoms with Crippen molar-refractivity contribution in [1.29, 1.82) is 0 Å². The molecule has 2 aromatic carbocycles. The highest BCUT2D eigenvalue weighted by molar-refractivity contribution is 7.08. The molecule has 0 radical (unpaired) electrons. The summed E-state index contributed by atoms with van der Waals surface area (Å²) in [7, 11) is 0. The summed E-state index contributed by atoms with van der Waals surface area (Å²) in [5.74, 6) is -2.21. The van der Waals surface area contributed by atoms with E-state index in [0.717, 1.165) is 106 Å². The number of aliphatic carboxylic acids is 3. The van der Waals surface area contributed by atoms with Gasteiger partial charge in [-0.1, -0.05) is 91.0 Å². The van der Waals surface area contributed by atoms with Crippen molar-refractivity contribution in [2.75, 3.05) is 105 Å². The number of thiophene rings is 1. The molecule has 31 nitrogen and oxygen atoms in total. The van der Waals surface area contributed by atoms with Gasteiger partial charge in [-0.3, -0.25) is 53.3 Å². The van der Waals surface area contributed by atoms with E-state index >= 15 is 0 Å². The highest BCUT2D eigenvalue weighted by Gasteiger charge is 2.39. The minimum Gasteiger partial charge on any atom is -0.481 e. The number of pyridine rings is 1. The molecule has 8 heterocycles. The van der Waals surface area contributed by atoms with E-state index in [-0.39, 0.29) is 96.9 Å². The molecule has 7 aliphatic rings. The Morgan fingerprint density at radius 3 is 1.64 bits per heavy atom. The van der Waals surface area contributed by atoms with Crippen LogP contribution in [0.15, 0.2) is 105 Å². The molecule has 2 aromatic heterocycles. The van der Waals surface area contributed by atoms with Gasteiger partial charge in [-0.25, -0.2) is 14.6 Å². The maximum Gasteiger partial charge on any atom is 0.408 e. The van der Waals surface area contributed by atoms with Crippen LogP contribution < -0.4 is 53.2 Å². The molecule has 34 heteroatoms. The van der Waals surface area contributed by atoms with Gasteiger partial charge in [-0.15, -0.1) is 0 Å². The fourth-order valence-electron chi connectivity index (χ4n) is 14.3. The van der Waals surface area contributed by atoms with Crippen LogP contribution in [0.25, 0.3) is 0 Å². The zero-order valence-electron chi connectivity index (χ0n) is 61.9. The lowest BCUT2D eigenvalue weighted by molar-refractivity contribution is -0.140. The first kappa shape index (κ1) is 84.2. The minimum atomic E-state index is -1.35. The van der Waals surface area contributed by atoms with Crippen LogP contribution in [0.2, 0.25) is 10.2 Å². The van der Waals surface area contributed by atoms with Gasteiger partial charge < -0.3 is 87.9 Å². The van der Waals surface area contributed by atoms with E-state index in [1.54, 1.807) is 41.3 Å². The Kier molecular flexibility index (Phi) is 33.3. The Morgan fingerprint density at radius 1 is 0.573 bits per heavy atom. The summed E-state index contributed by atoms with van der Waals surface area (Å²) in [5, 5.41) is 62.8. The number of amides is 7. The van der Waals surface area contributed by atoms with E-state index in [1.807, 2.05) is 57.0 Å². The van der Waals surface area contributed by atoms with Crippen LogP contribution in [-0.2, 0) is 54.5 Å². The van der Waals surface area contributed by atoms with Crippen LogP contribution in [0.4, 0.5) is 4.79 Å². The van der Waals surface area contributed by atoms with Crippen LogP contribution in [0.5, 0.6) is 0 Å². The van der Waals surface area contributed by atoms with Crippen molar-refractivity contribution >= 4 is 112 Å². The summed E-state index contributed by atoms with van der Waals surface area (Å²) >= 11 is 13.4. The van der Waals surface area contributed by atoms with Gasteiger partial charge in [-0.2, -0.15) is 11.3 Å². The third-order valence-electron chi connectivity index (χ3n) is 20.7. The molecule has 0 spiro atoms. The highest BCUT2D eigenvalue weighted by Crippen LogP contribution is 2.40. The van der Waals surface area contributed by atoms with E-state index in [9.17, 15) is 58.2 Å². The monoisotopic (exact) mass is 1580 g/mol. The second-order valence-electron chi connectivity index (χ2n) is 28.5. The number of carboxylic acids is 3. The molecule has 1 saturated carbocycles. The molecular formula is C76H103Cl2N17O14S. The highest BCUT2D eigenvalue weighted by atomic mass is 35.5. The van der Waals surface area contributed by atoms with Crippen molar-refractivity contribution in [3.63, 3.8) is 0 Å². The summed E-state index contributed by atoms with van der Waals surface area (Å²) in [5.41, 5.74) is 3.10. The zero-order valence-corrected chi connectivity index (χ0v) is 64.2. The van der Waals surface area contributed by atoms with Crippen LogP contribution in [0.3, 0.4) is 0 Å². The third kappa shape index (κ3) is 27.6. The molecule has 2 unspecified atom stereocenters. The molecule has 13 N–H and O–H groups in total. The minimum absolute atomic E-state index is 0.00781. The largest absolute Gasteiger partial charge is 0.481 e. The zero-order chi connectivity index (χ0) is 78.2. The first-order valence-electron chi connectivity index (χ1n) is 38.0. The normalized spacial score (nSPS) is 18.1. The quantitative estimate of drug-likeness (QED) is 0.0225. The van der Waals surface area contributed by atoms with Gasteiger partial charge in [0.25, 0.3) is 0 Å². The summed E-state index contributed by atoms with van der Waals surface area (Å²) in [4.78, 5) is 146. The van der Waals surface area contributed by atoms with Gasteiger partial charge in [0.2, 0.25) is 35.4 Å². The number of carboxylic acid groups (broad SMARTS) is 3. The van der Waals surface area contributed by atoms with Gasteiger partial charge in [0.15, 0.2) is 17.9 Å². The van der Waals surface area contributed by atoms with Crippen LogP contribution >= 0.6 is 34.5 Å². The average molecular weight is 1580 g/mol.